The van der Waals surface area contributed by atoms with Crippen molar-refractivity contribution in [2.75, 3.05) is 26.2 Å². The molecule has 0 N–H and O–H groups in total. The van der Waals surface area contributed by atoms with E-state index in [0.717, 1.165) is 13.0 Å². The Morgan fingerprint density at radius 2 is 1.77 bits per heavy atom. The normalized spacial score (nSPS) is 15.0. The molecule has 1 fully saturated rings. The maximum Gasteiger partial charge on any atom is 0.269 e. The van der Waals surface area contributed by atoms with Crippen molar-refractivity contribution >= 4 is 11.6 Å². The molecule has 1 aliphatic heterocycles. The van der Waals surface area contributed by atoms with Crippen LogP contribution in [0.3, 0.4) is 0 Å². The highest BCUT2D eigenvalue weighted by Gasteiger charge is 2.21. The lowest BCUT2D eigenvalue weighted by Crippen LogP contribution is -2.35. The lowest BCUT2D eigenvalue weighted by atomic mass is 10.2. The Balaban J connectivity index is 1.36. The average Bonchev–Trinajstić information content (AvgIpc) is 3.12. The monoisotopic (exact) mass is 407 g/mol. The second-order valence-electron chi connectivity index (χ2n) is 7.09. The van der Waals surface area contributed by atoms with Crippen molar-refractivity contribution in [1.29, 1.82) is 0 Å². The molecule has 1 aliphatic rings. The SMILES string of the molecule is O=C(c1ccccc1)N1CCCN(Cc2nnc(-c3ccc([N+](=O)[O-])cc3)o2)CC1. The van der Waals surface area contributed by atoms with E-state index in [0.29, 0.717) is 49.1 Å². The number of benzene rings is 2. The minimum absolute atomic E-state index is 0.0117. The van der Waals surface area contributed by atoms with Crippen molar-refractivity contribution in [3.05, 3.63) is 76.2 Å². The number of nitro groups is 1. The fourth-order valence-corrected chi connectivity index (χ4v) is 3.45. The Morgan fingerprint density at radius 3 is 2.50 bits per heavy atom. The van der Waals surface area contributed by atoms with E-state index in [9.17, 15) is 14.9 Å². The van der Waals surface area contributed by atoms with Crippen molar-refractivity contribution in [2.24, 2.45) is 0 Å². The molecule has 1 saturated heterocycles. The molecule has 0 bridgehead atoms. The van der Waals surface area contributed by atoms with Crippen molar-refractivity contribution in [3.8, 4) is 11.5 Å². The van der Waals surface area contributed by atoms with Gasteiger partial charge in [-0.25, -0.2) is 0 Å². The van der Waals surface area contributed by atoms with Gasteiger partial charge in [0.05, 0.1) is 11.5 Å². The van der Waals surface area contributed by atoms with Gasteiger partial charge in [0.2, 0.25) is 11.8 Å². The molecule has 0 saturated carbocycles. The van der Waals surface area contributed by atoms with E-state index >= 15 is 0 Å². The van der Waals surface area contributed by atoms with Crippen LogP contribution in [-0.4, -0.2) is 57.0 Å². The zero-order valence-electron chi connectivity index (χ0n) is 16.3. The van der Waals surface area contributed by atoms with Gasteiger partial charge in [0.1, 0.15) is 0 Å². The van der Waals surface area contributed by atoms with Crippen LogP contribution in [-0.2, 0) is 6.54 Å². The summed E-state index contributed by atoms with van der Waals surface area (Å²) >= 11 is 0. The van der Waals surface area contributed by atoms with Crippen LogP contribution in [0.1, 0.15) is 22.7 Å². The molecule has 9 heteroatoms. The second kappa shape index (κ2) is 8.83. The van der Waals surface area contributed by atoms with Gasteiger partial charge in [0.25, 0.3) is 11.6 Å². The second-order valence-corrected chi connectivity index (χ2v) is 7.09. The number of carbonyl (C=O) groups excluding carboxylic acids is 1. The van der Waals surface area contributed by atoms with Gasteiger partial charge in [-0.1, -0.05) is 18.2 Å². The number of hydrogen-bond acceptors (Lipinski definition) is 7. The number of nitro benzene ring substituents is 1. The molecule has 154 valence electrons. The Bertz CT molecular complexity index is 1020. The van der Waals surface area contributed by atoms with Crippen molar-refractivity contribution < 1.29 is 14.1 Å². The topological polar surface area (TPSA) is 106 Å². The fraction of sp³-hybridized carbons (Fsp3) is 0.286. The number of nitrogens with zero attached hydrogens (tertiary/aromatic N) is 5. The molecule has 0 atom stereocenters. The smallest absolute Gasteiger partial charge is 0.269 e. The Labute approximate surface area is 173 Å². The van der Waals surface area contributed by atoms with Crippen molar-refractivity contribution in [2.45, 2.75) is 13.0 Å². The quantitative estimate of drug-likeness (QED) is 0.473. The van der Waals surface area contributed by atoms with Gasteiger partial charge < -0.3 is 9.32 Å². The van der Waals surface area contributed by atoms with Crippen LogP contribution in [0.2, 0.25) is 0 Å². The first-order valence-electron chi connectivity index (χ1n) is 9.74. The number of amides is 1. The predicted octanol–water partition coefficient (Wildman–Crippen LogP) is 2.99. The highest BCUT2D eigenvalue weighted by molar-refractivity contribution is 5.94. The summed E-state index contributed by atoms with van der Waals surface area (Å²) in [4.78, 5) is 27.1. The molecule has 3 aromatic rings. The summed E-state index contributed by atoms with van der Waals surface area (Å²) in [6, 6.07) is 15.3. The third-order valence-electron chi connectivity index (χ3n) is 5.05. The van der Waals surface area contributed by atoms with Gasteiger partial charge in [-0.3, -0.25) is 19.8 Å². The third-order valence-corrected chi connectivity index (χ3v) is 5.05. The first-order valence-corrected chi connectivity index (χ1v) is 9.74. The highest BCUT2D eigenvalue weighted by Crippen LogP contribution is 2.22. The molecule has 1 amide bonds. The molecule has 0 unspecified atom stereocenters. The van der Waals surface area contributed by atoms with Crippen LogP contribution in [0.4, 0.5) is 5.69 Å². The summed E-state index contributed by atoms with van der Waals surface area (Å²) in [5.41, 5.74) is 1.35. The van der Waals surface area contributed by atoms with Crippen LogP contribution < -0.4 is 0 Å². The molecule has 9 nitrogen and oxygen atoms in total. The molecule has 2 aromatic carbocycles. The summed E-state index contributed by atoms with van der Waals surface area (Å²) in [5, 5.41) is 18.9. The van der Waals surface area contributed by atoms with Crippen LogP contribution in [0.25, 0.3) is 11.5 Å². The van der Waals surface area contributed by atoms with Crippen LogP contribution in [0.15, 0.2) is 59.0 Å². The van der Waals surface area contributed by atoms with Crippen molar-refractivity contribution in [1.82, 2.24) is 20.0 Å². The third kappa shape index (κ3) is 4.52. The largest absolute Gasteiger partial charge is 0.419 e. The van der Waals surface area contributed by atoms with E-state index in [1.807, 2.05) is 35.2 Å². The Kier molecular flexibility index (Phi) is 5.80. The number of non-ortho nitro benzene ring substituents is 1. The summed E-state index contributed by atoms with van der Waals surface area (Å²) in [6.45, 7) is 3.38. The number of hydrogen-bond donors (Lipinski definition) is 0. The predicted molar refractivity (Wildman–Crippen MR) is 109 cm³/mol. The first-order chi connectivity index (χ1) is 14.6. The molecule has 0 spiro atoms. The first kappa shape index (κ1) is 19.7. The molecule has 0 radical (unpaired) electrons. The Morgan fingerprint density at radius 1 is 1.00 bits per heavy atom. The summed E-state index contributed by atoms with van der Waals surface area (Å²) in [5.74, 6) is 0.859. The maximum atomic E-state index is 12.7. The van der Waals surface area contributed by atoms with E-state index in [1.165, 1.54) is 12.1 Å². The zero-order valence-corrected chi connectivity index (χ0v) is 16.3. The highest BCUT2D eigenvalue weighted by atomic mass is 16.6. The number of rotatable bonds is 5. The van der Waals surface area contributed by atoms with Crippen LogP contribution in [0, 0.1) is 10.1 Å². The summed E-state index contributed by atoms with van der Waals surface area (Å²) in [6.07, 6.45) is 0.863. The summed E-state index contributed by atoms with van der Waals surface area (Å²) in [7, 11) is 0. The van der Waals surface area contributed by atoms with E-state index in [-0.39, 0.29) is 11.6 Å². The molecule has 4 rings (SSSR count). The average molecular weight is 407 g/mol. The minimum Gasteiger partial charge on any atom is -0.419 e. The molecule has 2 heterocycles. The maximum absolute atomic E-state index is 12.7. The molecule has 0 aliphatic carbocycles. The molecular formula is C21H21N5O4. The van der Waals surface area contributed by atoms with Gasteiger partial charge in [-0.05, 0) is 30.7 Å². The minimum atomic E-state index is -0.450. The molecular weight excluding hydrogens is 386 g/mol. The standard InChI is InChI=1S/C21H21N5O4/c27-21(17-5-2-1-3-6-17)25-12-4-11-24(13-14-25)15-19-22-23-20(30-19)16-7-9-18(10-8-16)26(28)29/h1-3,5-10H,4,11-15H2. The van der Waals surface area contributed by atoms with Gasteiger partial charge in [0.15, 0.2) is 0 Å². The van der Waals surface area contributed by atoms with E-state index in [4.69, 9.17) is 4.42 Å². The lowest BCUT2D eigenvalue weighted by Gasteiger charge is -2.21. The van der Waals surface area contributed by atoms with Crippen molar-refractivity contribution in [3.63, 3.8) is 0 Å². The molecule has 30 heavy (non-hydrogen) atoms. The van der Waals surface area contributed by atoms with E-state index < -0.39 is 4.92 Å². The van der Waals surface area contributed by atoms with Gasteiger partial charge in [-0.15, -0.1) is 10.2 Å². The zero-order chi connectivity index (χ0) is 20.9. The number of carbonyl (C=O) groups is 1. The Hall–Kier alpha value is -3.59. The fourth-order valence-electron chi connectivity index (χ4n) is 3.45. The lowest BCUT2D eigenvalue weighted by molar-refractivity contribution is -0.384. The van der Waals surface area contributed by atoms with E-state index in [1.54, 1.807) is 12.1 Å². The molecule has 1 aromatic heterocycles. The van der Waals surface area contributed by atoms with Gasteiger partial charge in [0, 0.05) is 49.4 Å². The van der Waals surface area contributed by atoms with Gasteiger partial charge >= 0.3 is 0 Å². The summed E-state index contributed by atoms with van der Waals surface area (Å²) < 4.78 is 5.74. The van der Waals surface area contributed by atoms with Crippen LogP contribution >= 0.6 is 0 Å². The van der Waals surface area contributed by atoms with Gasteiger partial charge in [-0.2, -0.15) is 0 Å². The van der Waals surface area contributed by atoms with Crippen LogP contribution in [0.5, 0.6) is 0 Å². The number of aromatic nitrogens is 2. The van der Waals surface area contributed by atoms with E-state index in [2.05, 4.69) is 15.1 Å².